The Kier molecular flexibility index (Phi) is 14.3. The molecule has 0 aliphatic rings. The van der Waals surface area contributed by atoms with Gasteiger partial charge >= 0.3 is 19.5 Å². The molecule has 0 radical (unpaired) electrons. The first-order valence-electron chi connectivity index (χ1n) is 5.70. The third-order valence-corrected chi connectivity index (χ3v) is 3.36. The van der Waals surface area contributed by atoms with Gasteiger partial charge in [0, 0.05) is 11.5 Å². The van der Waals surface area contributed by atoms with Crippen molar-refractivity contribution in [2.24, 2.45) is 11.8 Å². The molecule has 0 heterocycles. The van der Waals surface area contributed by atoms with E-state index in [0.29, 0.717) is 12.8 Å². The van der Waals surface area contributed by atoms with Crippen LogP contribution in [0.5, 0.6) is 0 Å². The van der Waals surface area contributed by atoms with Crippen molar-refractivity contribution in [1.29, 1.82) is 0 Å². The summed E-state index contributed by atoms with van der Waals surface area (Å²) in [4.78, 5) is 0. The Labute approximate surface area is 129 Å². The second-order valence-corrected chi connectivity index (χ2v) is 7.94. The van der Waals surface area contributed by atoms with Crippen molar-refractivity contribution in [3.63, 3.8) is 0 Å². The maximum atomic E-state index is 9.98. The molecule has 112 valence electrons. The molecular weight excluding hydrogens is 346 g/mol. The molecule has 0 unspecified atom stereocenters. The van der Waals surface area contributed by atoms with E-state index < -0.39 is 20.2 Å². The molecule has 0 aliphatic heterocycles. The Hall–Kier alpha value is 0.443. The number of hydrogen-bond donors (Lipinski definition) is 0. The average molecular weight is 368 g/mol. The maximum absolute atomic E-state index is 9.98. The van der Waals surface area contributed by atoms with E-state index in [1.54, 1.807) is 0 Å². The Bertz CT molecular complexity index is 360. The summed E-state index contributed by atoms with van der Waals surface area (Å²) in [5.41, 5.74) is 0. The van der Waals surface area contributed by atoms with Gasteiger partial charge in [-0.05, 0) is 24.7 Å². The first-order valence-corrected chi connectivity index (χ1v) is 8.86. The van der Waals surface area contributed by atoms with Crippen molar-refractivity contribution in [3.05, 3.63) is 0 Å². The molecule has 0 bridgehead atoms. The topological polar surface area (TPSA) is 114 Å². The minimum absolute atomic E-state index is 0. The molecule has 0 atom stereocenters. The van der Waals surface area contributed by atoms with Crippen LogP contribution in [-0.2, 0) is 39.7 Å². The zero-order chi connectivity index (χ0) is 15.0. The van der Waals surface area contributed by atoms with Crippen molar-refractivity contribution in [1.82, 2.24) is 0 Å². The minimum atomic E-state index is -3.97. The molecule has 19 heavy (non-hydrogen) atoms. The van der Waals surface area contributed by atoms with Crippen molar-refractivity contribution in [2.45, 2.75) is 40.5 Å². The Morgan fingerprint density at radius 3 is 1.00 bits per heavy atom. The van der Waals surface area contributed by atoms with E-state index in [9.17, 15) is 25.9 Å². The quantitative estimate of drug-likeness (QED) is 0.514. The maximum Gasteiger partial charge on any atom is 2.00 e. The standard InChI is InChI=1S/2C5H12O3S.Zn/c2*1-5(2)3-4-9(6,7)8;/h2*5H,3-4H2,1-2H3,(H,6,7,8);/q;;+2/p-2. The van der Waals surface area contributed by atoms with E-state index in [4.69, 9.17) is 0 Å². The molecule has 0 aromatic carbocycles. The predicted molar refractivity (Wildman–Crippen MR) is 68.0 cm³/mol. The van der Waals surface area contributed by atoms with E-state index in [0.717, 1.165) is 0 Å². The van der Waals surface area contributed by atoms with Crippen molar-refractivity contribution in [2.75, 3.05) is 11.5 Å². The monoisotopic (exact) mass is 366 g/mol. The van der Waals surface area contributed by atoms with Gasteiger partial charge in [0.2, 0.25) is 0 Å². The van der Waals surface area contributed by atoms with Gasteiger partial charge in [0.1, 0.15) is 0 Å². The molecule has 0 saturated heterocycles. The fraction of sp³-hybridized carbons (Fsp3) is 1.00. The van der Waals surface area contributed by atoms with Gasteiger partial charge in [-0.2, -0.15) is 0 Å². The molecule has 9 heteroatoms. The Balaban J connectivity index is -0.000000256. The van der Waals surface area contributed by atoms with Crippen molar-refractivity contribution < 1.29 is 45.4 Å². The van der Waals surface area contributed by atoms with Crippen LogP contribution in [0.2, 0.25) is 0 Å². The molecule has 0 fully saturated rings. The molecule has 0 aliphatic carbocycles. The van der Waals surface area contributed by atoms with Gasteiger partial charge in [0.25, 0.3) is 0 Å². The fourth-order valence-corrected chi connectivity index (χ4v) is 2.28. The number of hydrogen-bond acceptors (Lipinski definition) is 6. The third kappa shape index (κ3) is 32.2. The van der Waals surface area contributed by atoms with Crippen molar-refractivity contribution in [3.8, 4) is 0 Å². The SMILES string of the molecule is CC(C)CCS(=O)(=O)[O-].CC(C)CCS(=O)(=O)[O-].[Zn+2]. The molecule has 0 rings (SSSR count). The summed E-state index contributed by atoms with van der Waals surface area (Å²) in [7, 11) is -7.94. The summed E-state index contributed by atoms with van der Waals surface area (Å²) in [5.74, 6) is 0.109. The van der Waals surface area contributed by atoms with Crippen LogP contribution >= 0.6 is 0 Å². The van der Waals surface area contributed by atoms with E-state index in [-0.39, 0.29) is 42.8 Å². The minimum Gasteiger partial charge on any atom is -0.748 e. The molecule has 6 nitrogen and oxygen atoms in total. The predicted octanol–water partition coefficient (Wildman–Crippen LogP) is 1.15. The van der Waals surface area contributed by atoms with Gasteiger partial charge in [-0.25, -0.2) is 16.8 Å². The molecular formula is C10H22O6S2Zn. The van der Waals surface area contributed by atoms with Gasteiger partial charge in [-0.3, -0.25) is 0 Å². The van der Waals surface area contributed by atoms with Crippen molar-refractivity contribution >= 4 is 20.2 Å². The zero-order valence-electron chi connectivity index (χ0n) is 12.0. The van der Waals surface area contributed by atoms with E-state index in [2.05, 4.69) is 0 Å². The van der Waals surface area contributed by atoms with Crippen LogP contribution in [0.25, 0.3) is 0 Å². The van der Waals surface area contributed by atoms with Gasteiger partial charge in [-0.15, -0.1) is 0 Å². The summed E-state index contributed by atoms with van der Waals surface area (Å²) < 4.78 is 59.9. The first-order chi connectivity index (χ1) is 7.83. The zero-order valence-corrected chi connectivity index (χ0v) is 16.6. The van der Waals surface area contributed by atoms with E-state index in [1.807, 2.05) is 27.7 Å². The van der Waals surface area contributed by atoms with Crippen LogP contribution in [0, 0.1) is 11.8 Å². The van der Waals surface area contributed by atoms with Crippen LogP contribution in [0.4, 0.5) is 0 Å². The van der Waals surface area contributed by atoms with Crippen LogP contribution in [0.15, 0.2) is 0 Å². The summed E-state index contributed by atoms with van der Waals surface area (Å²) in [6.45, 7) is 7.52. The largest absolute Gasteiger partial charge is 2.00 e. The average Bonchev–Trinajstić information content (AvgIpc) is 2.10. The molecule has 0 amide bonds. The smallest absolute Gasteiger partial charge is 0.748 e. The van der Waals surface area contributed by atoms with Gasteiger partial charge in [0.05, 0.1) is 20.2 Å². The summed E-state index contributed by atoms with van der Waals surface area (Å²) in [6.07, 6.45) is 0.928. The third-order valence-electron chi connectivity index (χ3n) is 1.89. The van der Waals surface area contributed by atoms with Gasteiger partial charge in [-0.1, -0.05) is 27.7 Å². The molecule has 0 saturated carbocycles. The summed E-state index contributed by atoms with van der Waals surface area (Å²) in [5, 5.41) is 0. The fourth-order valence-electron chi connectivity index (χ4n) is 0.760. The van der Waals surface area contributed by atoms with Gasteiger partial charge < -0.3 is 9.11 Å². The molecule has 0 aromatic heterocycles. The first kappa shape index (κ1) is 24.5. The summed E-state index contributed by atoms with van der Waals surface area (Å²) >= 11 is 0. The molecule has 0 N–H and O–H groups in total. The molecule has 0 spiro atoms. The van der Waals surface area contributed by atoms with Crippen LogP contribution in [-0.4, -0.2) is 37.4 Å². The Morgan fingerprint density at radius 1 is 0.737 bits per heavy atom. The van der Waals surface area contributed by atoms with Gasteiger partial charge in [0.15, 0.2) is 0 Å². The molecule has 0 aromatic rings. The van der Waals surface area contributed by atoms with E-state index >= 15 is 0 Å². The van der Waals surface area contributed by atoms with E-state index in [1.165, 1.54) is 0 Å². The second-order valence-electron chi connectivity index (χ2n) is 4.89. The van der Waals surface area contributed by atoms with Crippen LogP contribution in [0.3, 0.4) is 0 Å². The normalized spacial score (nSPS) is 11.8. The summed E-state index contributed by atoms with van der Waals surface area (Å²) in [6, 6.07) is 0. The Morgan fingerprint density at radius 2 is 0.947 bits per heavy atom. The number of rotatable bonds is 6. The van der Waals surface area contributed by atoms with Crippen LogP contribution < -0.4 is 0 Å². The van der Waals surface area contributed by atoms with Crippen LogP contribution in [0.1, 0.15) is 40.5 Å². The second kappa shape index (κ2) is 11.1.